The van der Waals surface area contributed by atoms with Crippen molar-refractivity contribution in [2.75, 3.05) is 16.8 Å². The van der Waals surface area contributed by atoms with Crippen molar-refractivity contribution in [3.05, 3.63) is 17.3 Å². The minimum absolute atomic E-state index is 0.0609. The summed E-state index contributed by atoms with van der Waals surface area (Å²) in [5.74, 6) is -1.34. The second kappa shape index (κ2) is 8.40. The van der Waals surface area contributed by atoms with Gasteiger partial charge in [0.1, 0.15) is 11.4 Å². The Balaban J connectivity index is 2.82. The first-order valence-corrected chi connectivity index (χ1v) is 9.66. The molecule has 0 amide bonds. The molecule has 0 fully saturated rings. The average molecular weight is 394 g/mol. The van der Waals surface area contributed by atoms with Crippen LogP contribution in [0.25, 0.3) is 0 Å². The van der Waals surface area contributed by atoms with Crippen molar-refractivity contribution in [3.8, 4) is 0 Å². The van der Waals surface area contributed by atoms with Gasteiger partial charge in [-0.1, -0.05) is 20.8 Å². The maximum absolute atomic E-state index is 13.9. The fourth-order valence-corrected chi connectivity index (χ4v) is 3.40. The number of hydrogen-bond donors (Lipinski definition) is 1. The lowest BCUT2D eigenvalue weighted by molar-refractivity contribution is -0.151. The minimum Gasteiger partial charge on any atom is -0.459 e. The zero-order valence-electron chi connectivity index (χ0n) is 15.4. The van der Waals surface area contributed by atoms with Gasteiger partial charge < -0.3 is 10.1 Å². The quantitative estimate of drug-likeness (QED) is 0.590. The molecule has 9 heteroatoms. The molecular weight excluding hydrogens is 369 g/mol. The molecule has 0 aromatic carbocycles. The molecule has 0 aliphatic heterocycles. The standard InChI is InChI=1S/C16H25ClFN3O3S/c1-15(2,3)11(20-13-10(18)7-19-14(17)21-13)8-25(23)9-12(22)24-16(4,5)6/h7,11H,8-9H2,1-6H3,(H,19,20,21). The van der Waals surface area contributed by atoms with Gasteiger partial charge in [-0.25, -0.2) is 9.37 Å². The van der Waals surface area contributed by atoms with E-state index in [-0.39, 0.29) is 28.0 Å². The van der Waals surface area contributed by atoms with Crippen molar-refractivity contribution < 1.29 is 18.1 Å². The molecule has 6 nitrogen and oxygen atoms in total. The van der Waals surface area contributed by atoms with Gasteiger partial charge in [-0.05, 0) is 37.8 Å². The van der Waals surface area contributed by atoms with Crippen LogP contribution in [0.15, 0.2) is 6.20 Å². The molecule has 2 unspecified atom stereocenters. The number of nitrogens with one attached hydrogen (secondary N) is 1. The van der Waals surface area contributed by atoms with E-state index in [4.69, 9.17) is 16.3 Å². The van der Waals surface area contributed by atoms with E-state index < -0.39 is 34.2 Å². The predicted octanol–water partition coefficient (Wildman–Crippen LogP) is 3.19. The Kier molecular flexibility index (Phi) is 7.31. The van der Waals surface area contributed by atoms with Crippen LogP contribution in [0.1, 0.15) is 41.5 Å². The van der Waals surface area contributed by atoms with Crippen LogP contribution in [0.4, 0.5) is 10.2 Å². The summed E-state index contributed by atoms with van der Waals surface area (Å²) in [5, 5.41) is 2.83. The van der Waals surface area contributed by atoms with Crippen LogP contribution in [0.5, 0.6) is 0 Å². The molecule has 1 N–H and O–H groups in total. The summed E-state index contributed by atoms with van der Waals surface area (Å²) in [6.45, 7) is 11.0. The molecule has 2 atom stereocenters. The van der Waals surface area contributed by atoms with Crippen molar-refractivity contribution in [2.45, 2.75) is 53.2 Å². The minimum atomic E-state index is -1.48. The topological polar surface area (TPSA) is 81.2 Å². The van der Waals surface area contributed by atoms with Crippen LogP contribution in [0.2, 0.25) is 5.28 Å². The van der Waals surface area contributed by atoms with Gasteiger partial charge in [-0.2, -0.15) is 4.98 Å². The van der Waals surface area contributed by atoms with Crippen molar-refractivity contribution in [1.82, 2.24) is 9.97 Å². The summed E-state index contributed by atoms with van der Waals surface area (Å²) in [5.41, 5.74) is -1.00. The van der Waals surface area contributed by atoms with Gasteiger partial charge in [-0.3, -0.25) is 9.00 Å². The molecule has 142 valence electrons. The predicted molar refractivity (Wildman–Crippen MR) is 97.6 cm³/mol. The third-order valence-corrected chi connectivity index (χ3v) is 4.57. The van der Waals surface area contributed by atoms with E-state index in [0.717, 1.165) is 6.20 Å². The molecule has 0 saturated heterocycles. The zero-order valence-corrected chi connectivity index (χ0v) is 16.9. The number of carbonyl (C=O) groups is 1. The van der Waals surface area contributed by atoms with E-state index in [1.54, 1.807) is 20.8 Å². The first-order valence-electron chi connectivity index (χ1n) is 7.79. The molecule has 0 radical (unpaired) electrons. The maximum Gasteiger partial charge on any atom is 0.319 e. The SMILES string of the molecule is CC(C)(C)OC(=O)CS(=O)CC(Nc1nc(Cl)ncc1F)C(C)(C)C. The first-order chi connectivity index (χ1) is 11.3. The van der Waals surface area contributed by atoms with Gasteiger partial charge in [0.15, 0.2) is 11.6 Å². The van der Waals surface area contributed by atoms with Gasteiger partial charge in [-0.15, -0.1) is 0 Å². The number of anilines is 1. The van der Waals surface area contributed by atoms with Crippen molar-refractivity contribution >= 4 is 34.2 Å². The number of carbonyl (C=O) groups excluding carboxylic acids is 1. The van der Waals surface area contributed by atoms with Gasteiger partial charge in [0.05, 0.1) is 6.20 Å². The number of esters is 1. The molecule has 1 aromatic rings. The molecule has 1 aromatic heterocycles. The highest BCUT2D eigenvalue weighted by Gasteiger charge is 2.29. The van der Waals surface area contributed by atoms with Crippen LogP contribution in [-0.2, 0) is 20.3 Å². The lowest BCUT2D eigenvalue weighted by Gasteiger charge is -2.31. The summed E-state index contributed by atoms with van der Waals surface area (Å²) in [6, 6.07) is -0.406. The third kappa shape index (κ3) is 8.09. The van der Waals surface area contributed by atoms with E-state index in [9.17, 15) is 13.4 Å². The second-order valence-corrected chi connectivity index (χ2v) is 9.58. The Hall–Kier alpha value is -1.28. The highest BCUT2D eigenvalue weighted by Crippen LogP contribution is 2.25. The second-order valence-electron chi connectivity index (χ2n) is 7.74. The Bertz CT molecular complexity index is 644. The van der Waals surface area contributed by atoms with E-state index in [1.807, 2.05) is 20.8 Å². The summed E-state index contributed by atoms with van der Waals surface area (Å²) in [4.78, 5) is 19.2. The normalized spacial score (nSPS) is 14.7. The van der Waals surface area contributed by atoms with Crippen molar-refractivity contribution in [2.24, 2.45) is 5.41 Å². The molecular formula is C16H25ClFN3O3S. The number of ether oxygens (including phenoxy) is 1. The molecule has 1 rings (SSSR count). The van der Waals surface area contributed by atoms with Crippen LogP contribution < -0.4 is 5.32 Å². The van der Waals surface area contributed by atoms with Crippen LogP contribution >= 0.6 is 11.6 Å². The van der Waals surface area contributed by atoms with E-state index in [1.165, 1.54) is 0 Å². The van der Waals surface area contributed by atoms with Crippen LogP contribution in [0, 0.1) is 11.2 Å². The highest BCUT2D eigenvalue weighted by atomic mass is 35.5. The number of halogens is 2. The third-order valence-electron chi connectivity index (χ3n) is 3.12. The van der Waals surface area contributed by atoms with Crippen LogP contribution in [-0.4, -0.2) is 43.3 Å². The van der Waals surface area contributed by atoms with Gasteiger partial charge >= 0.3 is 5.97 Å². The van der Waals surface area contributed by atoms with Crippen molar-refractivity contribution in [1.29, 1.82) is 0 Å². The fraction of sp³-hybridized carbons (Fsp3) is 0.688. The molecule has 0 aliphatic rings. The monoisotopic (exact) mass is 393 g/mol. The molecule has 0 aliphatic carbocycles. The molecule has 0 bridgehead atoms. The Labute approximate surface area is 155 Å². The van der Waals surface area contributed by atoms with E-state index >= 15 is 0 Å². The molecule has 0 saturated carbocycles. The first kappa shape index (κ1) is 21.8. The zero-order chi connectivity index (χ0) is 19.4. The molecule has 0 spiro atoms. The highest BCUT2D eigenvalue weighted by molar-refractivity contribution is 7.85. The van der Waals surface area contributed by atoms with E-state index in [2.05, 4.69) is 15.3 Å². The fourth-order valence-electron chi connectivity index (χ4n) is 1.87. The summed E-state index contributed by atoms with van der Waals surface area (Å²) < 4.78 is 31.4. The molecule has 25 heavy (non-hydrogen) atoms. The summed E-state index contributed by atoms with van der Waals surface area (Å²) in [6.07, 6.45) is 0.967. The van der Waals surface area contributed by atoms with E-state index in [0.29, 0.717) is 0 Å². The summed E-state index contributed by atoms with van der Waals surface area (Å²) >= 11 is 5.70. The average Bonchev–Trinajstić information content (AvgIpc) is 2.38. The lowest BCUT2D eigenvalue weighted by Crippen LogP contribution is -2.40. The Morgan fingerprint density at radius 1 is 1.36 bits per heavy atom. The number of rotatable bonds is 6. The van der Waals surface area contributed by atoms with Gasteiger partial charge in [0.25, 0.3) is 0 Å². The number of hydrogen-bond acceptors (Lipinski definition) is 6. The number of aromatic nitrogens is 2. The summed E-state index contributed by atoms with van der Waals surface area (Å²) in [7, 11) is -1.48. The maximum atomic E-state index is 13.9. The smallest absolute Gasteiger partial charge is 0.319 e. The molecule has 1 heterocycles. The van der Waals surface area contributed by atoms with Crippen LogP contribution in [0.3, 0.4) is 0 Å². The Morgan fingerprint density at radius 3 is 2.48 bits per heavy atom. The van der Waals surface area contributed by atoms with Gasteiger partial charge in [0, 0.05) is 22.6 Å². The largest absolute Gasteiger partial charge is 0.459 e. The number of nitrogens with zero attached hydrogens (tertiary/aromatic N) is 2. The van der Waals surface area contributed by atoms with Gasteiger partial charge in [0.2, 0.25) is 5.28 Å². The Morgan fingerprint density at radius 2 is 1.96 bits per heavy atom. The van der Waals surface area contributed by atoms with Crippen molar-refractivity contribution in [3.63, 3.8) is 0 Å². The lowest BCUT2D eigenvalue weighted by atomic mass is 9.88.